The van der Waals surface area contributed by atoms with Gasteiger partial charge in [0.05, 0.1) is 81.6 Å². The van der Waals surface area contributed by atoms with Crippen LogP contribution in [0.15, 0.2) is 381 Å². The zero-order chi connectivity index (χ0) is 78.3. The fourth-order valence-corrected chi connectivity index (χ4v) is 21.3. The lowest BCUT2D eigenvalue weighted by molar-refractivity contribution is 1.18. The Labute approximate surface area is 698 Å². The third-order valence-corrected chi connectivity index (χ3v) is 26.8. The van der Waals surface area contributed by atoms with Crippen LogP contribution in [0.5, 0.6) is 0 Å². The van der Waals surface area contributed by atoms with E-state index in [1.165, 1.54) is 91.0 Å². The maximum Gasteiger partial charge on any atom is 0.162 e. The lowest BCUT2D eigenvalue weighted by Gasteiger charge is -2.15. The maximum absolute atomic E-state index is 5.60. The fourth-order valence-electron chi connectivity index (χ4n) is 18.5. The van der Waals surface area contributed by atoms with E-state index < -0.39 is 0 Å². The molecule has 9 aromatic heterocycles. The van der Waals surface area contributed by atoms with Gasteiger partial charge in [-0.05, 0) is 178 Å². The van der Waals surface area contributed by atoms with Gasteiger partial charge in [-0.1, -0.05) is 253 Å². The number of thiophene rings is 2. The van der Waals surface area contributed by atoms with Gasteiger partial charge in [0.1, 0.15) is 0 Å². The Balaban J connectivity index is 0.000000116. The summed E-state index contributed by atoms with van der Waals surface area (Å²) in [5.74, 6) is 1.33. The summed E-state index contributed by atoms with van der Waals surface area (Å²) in [4.78, 5) is 31.5. The van der Waals surface area contributed by atoms with E-state index in [0.29, 0.717) is 11.6 Å². The second-order valence-corrected chi connectivity index (χ2v) is 33.4. The number of para-hydroxylation sites is 5. The van der Waals surface area contributed by atoms with E-state index >= 15 is 0 Å². The van der Waals surface area contributed by atoms with Gasteiger partial charge >= 0.3 is 0 Å². The lowest BCUT2D eigenvalue weighted by Crippen LogP contribution is -1.99. The molecule has 0 N–H and O–H groups in total. The van der Waals surface area contributed by atoms with Crippen LogP contribution >= 0.6 is 38.6 Å². The summed E-state index contributed by atoms with van der Waals surface area (Å²) < 4.78 is 12.7. The van der Waals surface area contributed by atoms with Gasteiger partial charge in [0.25, 0.3) is 0 Å². The minimum absolute atomic E-state index is 0.656. The van der Waals surface area contributed by atoms with Gasteiger partial charge in [-0.2, -0.15) is 0 Å². The Hall–Kier alpha value is -14.7. The Morgan fingerprint density at radius 3 is 1.29 bits per heavy atom. The smallest absolute Gasteiger partial charge is 0.162 e. The topological polar surface area (TPSA) is 92.1 Å². The van der Waals surface area contributed by atoms with Gasteiger partial charge in [0.15, 0.2) is 11.6 Å². The van der Waals surface area contributed by atoms with Crippen LogP contribution in [0.4, 0.5) is 0 Å². The molecule has 556 valence electrons. The van der Waals surface area contributed by atoms with Crippen molar-refractivity contribution < 1.29 is 0 Å². The van der Waals surface area contributed by atoms with Crippen LogP contribution < -0.4 is 0 Å². The van der Waals surface area contributed by atoms with Crippen molar-refractivity contribution in [2.45, 2.75) is 6.42 Å². The molecule has 12 heteroatoms. The molecule has 0 saturated heterocycles. The highest BCUT2D eigenvalue weighted by atomic mass is 79.9. The molecule has 0 fully saturated rings. The summed E-state index contributed by atoms with van der Waals surface area (Å²) in [5, 5.41) is 16.7. The quantitative estimate of drug-likeness (QED) is 0.158. The number of hydrogen-bond donors (Lipinski definition) is 0. The van der Waals surface area contributed by atoms with Gasteiger partial charge in [0.2, 0.25) is 0 Å². The summed E-state index contributed by atoms with van der Waals surface area (Å²) in [6.45, 7) is 0. The molecule has 9 nitrogen and oxygen atoms in total. The van der Waals surface area contributed by atoms with E-state index in [4.69, 9.17) is 29.9 Å². The maximum atomic E-state index is 5.60. The molecule has 0 spiro atoms. The number of benzene rings is 16. The van der Waals surface area contributed by atoms with Crippen molar-refractivity contribution in [3.8, 4) is 73.5 Å². The molecule has 16 aromatic carbocycles. The Kier molecular flexibility index (Phi) is 16.0. The standard InChI is InChI=1S/C53H31N5S.C37H21BrN4S.C17H12/c1-2-16-34(17-3-1)57-43-24-10-7-19-36(43)48-39(21-12-25-45(48)57)51-52-50(38-20-8-11-26-47(38)59-52)55-53(56-51)40-27-28-44(37-22-13-29-54-49(37)40)58-42-23-9-6-18-35(42)41-30-32-14-4-5-15-33(32)31-46(41)58;38-28-20-19-27(33-23(28)15-9-21-39-33)37-40-34-25-13-5-7-18-31(25)43-36(34)35(41-37)26-14-8-17-30-32(26)24-12-4-6-16-29(24)42(30)22-10-2-1-3-11-22;1-2-6-13-11-17-15(9-12(13)5-1)10-14-7-3-4-8-16(14)17/h1-31H;1-21H;1-9,11H,10H2. The number of nitrogens with zero attached hydrogens (tertiary/aromatic N) is 9. The summed E-state index contributed by atoms with van der Waals surface area (Å²) >= 11 is 7.23. The Bertz CT molecular complexity index is 8510. The zero-order valence-electron chi connectivity index (χ0n) is 63.7. The van der Waals surface area contributed by atoms with Crippen molar-refractivity contribution in [1.29, 1.82) is 0 Å². The van der Waals surface area contributed by atoms with Crippen LogP contribution in [0.25, 0.3) is 223 Å². The highest BCUT2D eigenvalue weighted by molar-refractivity contribution is 9.10. The van der Waals surface area contributed by atoms with E-state index in [2.05, 4.69) is 381 Å². The monoisotopic (exact) mass is 1620 g/mol. The lowest BCUT2D eigenvalue weighted by atomic mass is 10.0. The number of halogens is 1. The number of hydrogen-bond acceptors (Lipinski definition) is 8. The number of pyridine rings is 2. The molecule has 0 amide bonds. The van der Waals surface area contributed by atoms with Crippen molar-refractivity contribution >= 4 is 188 Å². The molecule has 0 bridgehead atoms. The first kappa shape index (κ1) is 68.7. The van der Waals surface area contributed by atoms with Gasteiger partial charge < -0.3 is 13.7 Å². The summed E-state index contributed by atoms with van der Waals surface area (Å²) in [7, 11) is 0. The van der Waals surface area contributed by atoms with Crippen molar-refractivity contribution in [3.05, 3.63) is 392 Å². The molecule has 26 rings (SSSR count). The normalized spacial score (nSPS) is 12.0. The van der Waals surface area contributed by atoms with Crippen LogP contribution in [0.3, 0.4) is 0 Å². The summed E-state index contributed by atoms with van der Waals surface area (Å²) in [6, 6.07) is 130. The van der Waals surface area contributed by atoms with E-state index in [9.17, 15) is 0 Å². The first-order chi connectivity index (χ1) is 59.0. The van der Waals surface area contributed by atoms with Crippen molar-refractivity contribution in [2.75, 3.05) is 0 Å². The number of rotatable bonds is 7. The molecule has 9 heterocycles. The van der Waals surface area contributed by atoms with E-state index in [-0.39, 0.29) is 0 Å². The highest BCUT2D eigenvalue weighted by Gasteiger charge is 2.28. The predicted molar refractivity (Wildman–Crippen MR) is 503 cm³/mol. The molecule has 0 aliphatic heterocycles. The van der Waals surface area contributed by atoms with Crippen LogP contribution in [-0.4, -0.2) is 43.6 Å². The average Bonchev–Trinajstić information content (AvgIpc) is 1.59. The van der Waals surface area contributed by atoms with Crippen LogP contribution in [0.2, 0.25) is 0 Å². The number of aromatic nitrogens is 9. The fraction of sp³-hybridized carbons (Fsp3) is 0.00935. The van der Waals surface area contributed by atoms with Gasteiger partial charge in [-0.3, -0.25) is 9.97 Å². The molecule has 1 aliphatic rings. The third kappa shape index (κ3) is 11.1. The van der Waals surface area contributed by atoms with Crippen LogP contribution in [0.1, 0.15) is 11.1 Å². The molecule has 1 aliphatic carbocycles. The van der Waals surface area contributed by atoms with Crippen LogP contribution in [-0.2, 0) is 6.42 Å². The molecule has 0 unspecified atom stereocenters. The predicted octanol–water partition coefficient (Wildman–Crippen LogP) is 29.1. The Morgan fingerprint density at radius 2 is 0.697 bits per heavy atom. The van der Waals surface area contributed by atoms with Gasteiger partial charge in [0, 0.05) is 114 Å². The second kappa shape index (κ2) is 27.8. The van der Waals surface area contributed by atoms with Crippen LogP contribution in [0, 0.1) is 0 Å². The minimum Gasteiger partial charge on any atom is -0.309 e. The van der Waals surface area contributed by atoms with Gasteiger partial charge in [-0.15, -0.1) is 22.7 Å². The van der Waals surface area contributed by atoms with E-state index in [1.807, 2.05) is 24.5 Å². The molecule has 0 radical (unpaired) electrons. The van der Waals surface area contributed by atoms with Crippen molar-refractivity contribution in [1.82, 2.24) is 43.6 Å². The van der Waals surface area contributed by atoms with E-state index in [0.717, 1.165) is 142 Å². The summed E-state index contributed by atoms with van der Waals surface area (Å²) in [5.41, 5.74) is 25.5. The van der Waals surface area contributed by atoms with Gasteiger partial charge in [-0.25, -0.2) is 19.9 Å². The SMILES string of the molecule is Brc1ccc(-c2nc(-c3cccc4c3c3ccccc3n4-c3ccccc3)c3sc4ccccc4c3n2)c2ncccc12.c1ccc(-n2c3ccccc3c3c(-c4nc(-c5ccc(-n6c7ccccc7c7cc8ccccc8cc76)c6cccnc56)nc5c4sc4ccccc45)cccc32)cc1.c1ccc2c(c1)Cc1cc3ccccc3cc1-2. The summed E-state index contributed by atoms with van der Waals surface area (Å²) in [6.07, 6.45) is 4.79. The molecular weight excluding hydrogens is 1560 g/mol. The molecule has 25 aromatic rings. The average molecular weight is 1620 g/mol. The zero-order valence-corrected chi connectivity index (χ0v) is 66.9. The van der Waals surface area contributed by atoms with E-state index in [1.54, 1.807) is 22.7 Å². The van der Waals surface area contributed by atoms with Crippen molar-refractivity contribution in [2.24, 2.45) is 0 Å². The van der Waals surface area contributed by atoms with Crippen molar-refractivity contribution in [3.63, 3.8) is 0 Å². The Morgan fingerprint density at radius 1 is 0.261 bits per heavy atom. The first-order valence-corrected chi connectivity index (χ1v) is 42.4. The molecule has 0 atom stereocenters. The third-order valence-electron chi connectivity index (χ3n) is 23.8. The largest absolute Gasteiger partial charge is 0.309 e. The minimum atomic E-state index is 0.656. The molecule has 0 saturated carbocycles. The highest BCUT2D eigenvalue weighted by Crippen LogP contribution is 2.49. The number of fused-ring (bicyclic) bond motifs is 22. The second-order valence-electron chi connectivity index (χ2n) is 30.4. The molecular formula is C107H64BrN9S2. The first-order valence-electron chi connectivity index (χ1n) is 39.9. The molecule has 119 heavy (non-hydrogen) atoms.